The molecule has 4 aromatic heterocycles. The van der Waals surface area contributed by atoms with Gasteiger partial charge in [-0.25, -0.2) is 4.98 Å². The van der Waals surface area contributed by atoms with Crippen molar-refractivity contribution in [3.63, 3.8) is 0 Å². The van der Waals surface area contributed by atoms with E-state index in [2.05, 4.69) is 173 Å². The Balaban J connectivity index is 0.00000499. The molecular weight excluding hydrogens is 920 g/mol. The Morgan fingerprint density at radius 1 is 0.600 bits per heavy atom. The standard InChI is InChI=1S/C52H49N6O.Pt/c1-50(2,3)35-22-26-55-48(29-35)58-44-19-11-10-17-39(44)40-21-20-38(31-46(40)58)59-37-16-14-15-36(30-37)56-33-57(45-23-25-53-32-47(45)56)49-41(51(4,5)6)27-34(28-42(49)52(7,8)9)43-18-12-13-24-54-43;/h10-29,32-33H,1-9H3;/q-3;. The van der Waals surface area contributed by atoms with Crippen molar-refractivity contribution in [3.8, 4) is 28.6 Å². The number of benzene rings is 4. The van der Waals surface area contributed by atoms with E-state index in [1.165, 1.54) is 16.7 Å². The zero-order chi connectivity index (χ0) is 41.3. The Morgan fingerprint density at radius 2 is 1.33 bits per heavy atom. The fraction of sp³-hybridized carbons (Fsp3) is 0.231. The van der Waals surface area contributed by atoms with Crippen LogP contribution >= 0.6 is 0 Å². The van der Waals surface area contributed by atoms with Crippen LogP contribution in [0.25, 0.3) is 38.9 Å². The van der Waals surface area contributed by atoms with Gasteiger partial charge in [0.05, 0.1) is 11.4 Å². The van der Waals surface area contributed by atoms with Gasteiger partial charge in [-0.05, 0) is 86.9 Å². The second-order valence-electron chi connectivity index (χ2n) is 18.4. The van der Waals surface area contributed by atoms with Crippen molar-refractivity contribution in [1.82, 2.24) is 19.5 Å². The van der Waals surface area contributed by atoms with Crippen LogP contribution in [0.5, 0.6) is 11.5 Å². The van der Waals surface area contributed by atoms with Gasteiger partial charge in [0.25, 0.3) is 0 Å². The number of ether oxygens (including phenoxy) is 1. The van der Waals surface area contributed by atoms with E-state index < -0.39 is 0 Å². The van der Waals surface area contributed by atoms with Crippen LogP contribution in [0.4, 0.5) is 22.7 Å². The summed E-state index contributed by atoms with van der Waals surface area (Å²) in [7, 11) is 0. The van der Waals surface area contributed by atoms with E-state index >= 15 is 0 Å². The molecule has 8 heteroatoms. The monoisotopic (exact) mass is 968 g/mol. The Morgan fingerprint density at radius 3 is 2.05 bits per heavy atom. The van der Waals surface area contributed by atoms with E-state index in [-0.39, 0.29) is 37.3 Å². The first kappa shape index (κ1) is 41.0. The van der Waals surface area contributed by atoms with Gasteiger partial charge in [0, 0.05) is 79.8 Å². The molecule has 4 aromatic carbocycles. The van der Waals surface area contributed by atoms with Gasteiger partial charge in [0.1, 0.15) is 5.82 Å². The van der Waals surface area contributed by atoms with Gasteiger partial charge in [-0.3, -0.25) is 9.97 Å². The number of aromatic nitrogens is 4. The first-order valence-electron chi connectivity index (χ1n) is 20.3. The zero-order valence-corrected chi connectivity index (χ0v) is 37.9. The van der Waals surface area contributed by atoms with Crippen LogP contribution in [0.3, 0.4) is 0 Å². The van der Waals surface area contributed by atoms with E-state index in [1.54, 1.807) is 0 Å². The van der Waals surface area contributed by atoms with Crippen LogP contribution in [-0.4, -0.2) is 19.5 Å². The molecule has 0 spiro atoms. The molecule has 0 aliphatic carbocycles. The molecular formula is C52H49N6OPt-3. The molecule has 0 radical (unpaired) electrons. The van der Waals surface area contributed by atoms with Gasteiger partial charge in [0.2, 0.25) is 0 Å². The number of hydrogen-bond donors (Lipinski definition) is 0. The quantitative estimate of drug-likeness (QED) is 0.155. The molecule has 0 N–H and O–H groups in total. The minimum atomic E-state index is -0.177. The SMILES string of the molecule is CC(C)(C)c1ccnc(-n2c3[c-]c(Oc4[c-]c(N5[CH-]N(c6c(C(C)(C)C)cc(-c7ccccn7)cc6C(C)(C)C)c6ccncc65)ccc4)ccc3c3ccccc32)c1.[Pt]. The summed E-state index contributed by atoms with van der Waals surface area (Å²) < 4.78 is 8.80. The summed E-state index contributed by atoms with van der Waals surface area (Å²) in [5.74, 6) is 2.02. The maximum absolute atomic E-state index is 6.61. The largest absolute Gasteiger partial charge is 0.509 e. The molecule has 5 heterocycles. The molecule has 0 bridgehead atoms. The predicted octanol–water partition coefficient (Wildman–Crippen LogP) is 13.3. The average molecular weight is 969 g/mol. The van der Waals surface area contributed by atoms with Crippen molar-refractivity contribution >= 4 is 44.6 Å². The van der Waals surface area contributed by atoms with Gasteiger partial charge >= 0.3 is 0 Å². The van der Waals surface area contributed by atoms with Crippen molar-refractivity contribution < 1.29 is 25.8 Å². The van der Waals surface area contributed by atoms with E-state index in [4.69, 9.17) is 14.7 Å². The van der Waals surface area contributed by atoms with Crippen LogP contribution in [0, 0.1) is 18.8 Å². The summed E-state index contributed by atoms with van der Waals surface area (Å²) >= 11 is 0. The van der Waals surface area contributed by atoms with Crippen molar-refractivity contribution in [1.29, 1.82) is 0 Å². The second kappa shape index (κ2) is 15.4. The molecule has 7 nitrogen and oxygen atoms in total. The summed E-state index contributed by atoms with van der Waals surface area (Å²) in [5.41, 5.74) is 11.3. The van der Waals surface area contributed by atoms with Crippen LogP contribution in [0.2, 0.25) is 0 Å². The van der Waals surface area contributed by atoms with Crippen LogP contribution in [0.15, 0.2) is 128 Å². The van der Waals surface area contributed by atoms with E-state index in [0.717, 1.165) is 61.6 Å². The average Bonchev–Trinajstić information content (AvgIpc) is 3.76. The third-order valence-electron chi connectivity index (χ3n) is 11.1. The molecule has 1 aliphatic heterocycles. The van der Waals surface area contributed by atoms with Crippen molar-refractivity contribution in [2.24, 2.45) is 0 Å². The molecule has 0 saturated carbocycles. The summed E-state index contributed by atoms with van der Waals surface area (Å²) in [4.78, 5) is 18.7. The second-order valence-corrected chi connectivity index (χ2v) is 18.4. The van der Waals surface area contributed by atoms with Crippen molar-refractivity contribution in [2.75, 3.05) is 9.80 Å². The predicted molar refractivity (Wildman–Crippen MR) is 241 cm³/mol. The van der Waals surface area contributed by atoms with Crippen LogP contribution in [-0.2, 0) is 37.3 Å². The van der Waals surface area contributed by atoms with E-state index in [9.17, 15) is 0 Å². The van der Waals surface area contributed by atoms with Gasteiger partial charge in [-0.2, -0.15) is 12.1 Å². The van der Waals surface area contributed by atoms with Crippen LogP contribution in [0.1, 0.15) is 79.0 Å². The molecule has 0 fully saturated rings. The normalized spacial score (nSPS) is 13.2. The fourth-order valence-electron chi connectivity index (χ4n) is 8.03. The van der Waals surface area contributed by atoms with Crippen molar-refractivity contribution in [2.45, 2.75) is 78.6 Å². The number of hydrogen-bond acceptors (Lipinski definition) is 6. The number of fused-ring (bicyclic) bond motifs is 4. The first-order valence-corrected chi connectivity index (χ1v) is 20.3. The molecule has 0 atom stereocenters. The van der Waals surface area contributed by atoms with E-state index in [0.29, 0.717) is 11.5 Å². The summed E-state index contributed by atoms with van der Waals surface area (Å²) in [6.07, 6.45) is 7.54. The molecule has 0 saturated heterocycles. The molecule has 306 valence electrons. The zero-order valence-electron chi connectivity index (χ0n) is 35.6. The molecule has 1 aliphatic rings. The number of rotatable bonds is 6. The number of pyridine rings is 3. The third-order valence-corrected chi connectivity index (χ3v) is 11.1. The molecule has 0 unspecified atom stereocenters. The van der Waals surface area contributed by atoms with Gasteiger partial charge in [-0.15, -0.1) is 48.1 Å². The minimum Gasteiger partial charge on any atom is -0.509 e. The number of nitrogens with zero attached hydrogens (tertiary/aromatic N) is 6. The molecule has 0 amide bonds. The van der Waals surface area contributed by atoms with Gasteiger partial charge < -0.3 is 19.1 Å². The molecule has 8 aromatic rings. The summed E-state index contributed by atoms with van der Waals surface area (Å²) in [6, 6.07) is 42.8. The van der Waals surface area contributed by atoms with Gasteiger partial charge in [0.15, 0.2) is 0 Å². The maximum atomic E-state index is 6.61. The Bertz CT molecular complexity index is 2830. The topological polar surface area (TPSA) is 59.3 Å². The Kier molecular flexibility index (Phi) is 10.5. The Hall–Kier alpha value is -5.78. The van der Waals surface area contributed by atoms with Gasteiger partial charge in [-0.1, -0.05) is 92.1 Å². The molecule has 60 heavy (non-hydrogen) atoms. The molecule has 9 rings (SSSR count). The third kappa shape index (κ3) is 7.49. The van der Waals surface area contributed by atoms with Crippen LogP contribution < -0.4 is 14.5 Å². The maximum Gasteiger partial charge on any atom is 0.135 e. The summed E-state index contributed by atoms with van der Waals surface area (Å²) in [6.45, 7) is 22.5. The van der Waals surface area contributed by atoms with Crippen molar-refractivity contribution in [3.05, 3.63) is 163 Å². The summed E-state index contributed by atoms with van der Waals surface area (Å²) in [5, 5.41) is 2.22. The minimum absolute atomic E-state index is 0. The smallest absolute Gasteiger partial charge is 0.135 e. The van der Waals surface area contributed by atoms with E-state index in [1.807, 2.05) is 55.1 Å². The number of para-hydroxylation sites is 1. The first-order chi connectivity index (χ1) is 28.1. The Labute approximate surface area is 368 Å². The fourth-order valence-corrected chi connectivity index (χ4v) is 8.03. The number of anilines is 4.